The highest BCUT2D eigenvalue weighted by Gasteiger charge is 2.59. The Morgan fingerprint density at radius 2 is 2.12 bits per heavy atom. The molecule has 4 rings (SSSR count). The van der Waals surface area contributed by atoms with Gasteiger partial charge in [0.05, 0.1) is 12.0 Å². The van der Waals surface area contributed by atoms with E-state index in [1.54, 1.807) is 11.3 Å². The van der Waals surface area contributed by atoms with Gasteiger partial charge in [0.25, 0.3) is 0 Å². The van der Waals surface area contributed by atoms with Gasteiger partial charge in [-0.25, -0.2) is 0 Å². The third-order valence-corrected chi connectivity index (χ3v) is 7.69. The molecule has 6 heteroatoms. The molecule has 1 aromatic rings. The molecule has 1 aromatic heterocycles. The number of rotatable bonds is 6. The SMILES string of the molecule is CC[C@@]1(C(=O)N2CCN(CCO)CC2)C[C@@H]2CC[C@H]1N2Cc1ccsc1. The molecular weight excluding hydrogens is 346 g/mol. The lowest BCUT2D eigenvalue weighted by atomic mass is 9.70. The second kappa shape index (κ2) is 7.58. The lowest BCUT2D eigenvalue weighted by Crippen LogP contribution is -2.56. The van der Waals surface area contributed by atoms with Crippen molar-refractivity contribution in [2.24, 2.45) is 5.41 Å². The van der Waals surface area contributed by atoms with Crippen LogP contribution in [0.3, 0.4) is 0 Å². The molecule has 0 aliphatic carbocycles. The third kappa shape index (κ3) is 3.11. The molecule has 2 bridgehead atoms. The Morgan fingerprint density at radius 1 is 1.31 bits per heavy atom. The first kappa shape index (κ1) is 18.4. The number of aliphatic hydroxyl groups excluding tert-OH is 1. The smallest absolute Gasteiger partial charge is 0.230 e. The molecule has 3 aliphatic rings. The molecule has 1 N–H and O–H groups in total. The molecule has 5 nitrogen and oxygen atoms in total. The van der Waals surface area contributed by atoms with Gasteiger partial charge in [0.15, 0.2) is 0 Å². The zero-order valence-corrected chi connectivity index (χ0v) is 16.6. The molecule has 3 saturated heterocycles. The topological polar surface area (TPSA) is 47.0 Å². The van der Waals surface area contributed by atoms with Crippen molar-refractivity contribution in [3.05, 3.63) is 22.4 Å². The van der Waals surface area contributed by atoms with Crippen LogP contribution in [0.15, 0.2) is 16.8 Å². The standard InChI is InChI=1S/C20H31N3O2S/c1-2-20(19(25)22-8-6-21(7-9-22)10-11-24)13-17-3-4-18(20)23(17)14-16-5-12-26-15-16/h5,12,15,17-18,24H,2-4,6-11,13-14H2,1H3/t17-,18+,20+/m0/s1. The number of carbonyl (C=O) groups excluding carboxylic acids is 1. The fraction of sp³-hybridized carbons (Fsp3) is 0.750. The second-order valence-electron chi connectivity index (χ2n) is 8.12. The fourth-order valence-electron chi connectivity index (χ4n) is 5.53. The molecule has 144 valence electrons. The summed E-state index contributed by atoms with van der Waals surface area (Å²) in [6, 6.07) is 3.19. The predicted molar refractivity (Wildman–Crippen MR) is 104 cm³/mol. The van der Waals surface area contributed by atoms with E-state index in [0.717, 1.165) is 52.1 Å². The predicted octanol–water partition coefficient (Wildman–Crippen LogP) is 2.02. The van der Waals surface area contributed by atoms with Crippen molar-refractivity contribution in [2.45, 2.75) is 51.2 Å². The van der Waals surface area contributed by atoms with E-state index in [9.17, 15) is 4.79 Å². The van der Waals surface area contributed by atoms with Crippen molar-refractivity contribution in [1.82, 2.24) is 14.7 Å². The van der Waals surface area contributed by atoms with Crippen LogP contribution in [0, 0.1) is 5.41 Å². The summed E-state index contributed by atoms with van der Waals surface area (Å²) >= 11 is 1.76. The normalized spacial score (nSPS) is 32.5. The van der Waals surface area contributed by atoms with Gasteiger partial charge in [-0.2, -0.15) is 11.3 Å². The van der Waals surface area contributed by atoms with Gasteiger partial charge in [-0.05, 0) is 48.1 Å². The zero-order chi connectivity index (χ0) is 18.1. The van der Waals surface area contributed by atoms with Crippen LogP contribution < -0.4 is 0 Å². The number of piperazine rings is 1. The number of carbonyl (C=O) groups is 1. The lowest BCUT2D eigenvalue weighted by molar-refractivity contribution is -0.146. The summed E-state index contributed by atoms with van der Waals surface area (Å²) in [5.74, 6) is 0.395. The number of hydrogen-bond donors (Lipinski definition) is 1. The maximum absolute atomic E-state index is 13.6. The van der Waals surface area contributed by atoms with E-state index >= 15 is 0 Å². The Hall–Kier alpha value is -0.950. The first-order valence-corrected chi connectivity index (χ1v) is 11.0. The first-order chi connectivity index (χ1) is 12.7. The van der Waals surface area contributed by atoms with Crippen LogP contribution in [0.25, 0.3) is 0 Å². The maximum Gasteiger partial charge on any atom is 0.230 e. The number of hydrogen-bond acceptors (Lipinski definition) is 5. The monoisotopic (exact) mass is 377 g/mol. The third-order valence-electron chi connectivity index (χ3n) is 6.96. The van der Waals surface area contributed by atoms with E-state index in [-0.39, 0.29) is 12.0 Å². The number of β-amino-alcohol motifs (C(OH)–C–C–N with tert-alkyl or cyclic N) is 1. The minimum Gasteiger partial charge on any atom is -0.395 e. The Balaban J connectivity index is 1.47. The van der Waals surface area contributed by atoms with Gasteiger partial charge in [-0.3, -0.25) is 14.6 Å². The van der Waals surface area contributed by atoms with Crippen molar-refractivity contribution in [1.29, 1.82) is 0 Å². The van der Waals surface area contributed by atoms with Crippen LogP contribution >= 0.6 is 11.3 Å². The fourth-order valence-corrected chi connectivity index (χ4v) is 6.19. The van der Waals surface area contributed by atoms with Gasteiger partial charge in [-0.15, -0.1) is 0 Å². The Kier molecular flexibility index (Phi) is 5.37. The van der Waals surface area contributed by atoms with Crippen LogP contribution in [0.4, 0.5) is 0 Å². The molecule has 0 aromatic carbocycles. The van der Waals surface area contributed by atoms with Crippen LogP contribution in [0.5, 0.6) is 0 Å². The van der Waals surface area contributed by atoms with Crippen LogP contribution in [-0.2, 0) is 11.3 Å². The summed E-state index contributed by atoms with van der Waals surface area (Å²) in [5, 5.41) is 13.5. The largest absolute Gasteiger partial charge is 0.395 e. The van der Waals surface area contributed by atoms with Gasteiger partial charge in [0.2, 0.25) is 5.91 Å². The molecule has 3 atom stereocenters. The maximum atomic E-state index is 13.6. The highest BCUT2D eigenvalue weighted by molar-refractivity contribution is 7.07. The summed E-state index contributed by atoms with van der Waals surface area (Å²) in [7, 11) is 0. The number of nitrogens with zero attached hydrogens (tertiary/aromatic N) is 3. The Bertz CT molecular complexity index is 615. The second-order valence-corrected chi connectivity index (χ2v) is 8.90. The quantitative estimate of drug-likeness (QED) is 0.824. The average Bonchev–Trinajstić information content (AvgIpc) is 3.39. The first-order valence-electron chi connectivity index (χ1n) is 10.1. The molecule has 0 spiro atoms. The van der Waals surface area contributed by atoms with E-state index in [1.807, 2.05) is 0 Å². The molecular formula is C20H31N3O2S. The van der Waals surface area contributed by atoms with Gasteiger partial charge in [0.1, 0.15) is 0 Å². The van der Waals surface area contributed by atoms with E-state index in [1.165, 1.54) is 18.4 Å². The zero-order valence-electron chi connectivity index (χ0n) is 15.8. The molecule has 4 heterocycles. The molecule has 3 aliphatic heterocycles. The van der Waals surface area contributed by atoms with Crippen LogP contribution in [-0.4, -0.2) is 77.1 Å². The van der Waals surface area contributed by atoms with E-state index in [4.69, 9.17) is 5.11 Å². The van der Waals surface area contributed by atoms with Crippen molar-refractivity contribution < 1.29 is 9.90 Å². The van der Waals surface area contributed by atoms with E-state index in [0.29, 0.717) is 18.0 Å². The number of aliphatic hydroxyl groups is 1. The van der Waals surface area contributed by atoms with Crippen molar-refractivity contribution in [3.8, 4) is 0 Å². The molecule has 0 unspecified atom stereocenters. The van der Waals surface area contributed by atoms with Crippen molar-refractivity contribution in [2.75, 3.05) is 39.3 Å². The Labute approximate surface area is 160 Å². The molecule has 26 heavy (non-hydrogen) atoms. The molecule has 0 radical (unpaired) electrons. The van der Waals surface area contributed by atoms with Gasteiger partial charge >= 0.3 is 0 Å². The minimum atomic E-state index is -0.182. The Morgan fingerprint density at radius 3 is 2.77 bits per heavy atom. The van der Waals surface area contributed by atoms with E-state index in [2.05, 4.69) is 38.4 Å². The highest BCUT2D eigenvalue weighted by atomic mass is 32.1. The summed E-state index contributed by atoms with van der Waals surface area (Å²) in [6.07, 6.45) is 4.39. The molecule has 1 amide bonds. The molecule has 0 saturated carbocycles. The summed E-state index contributed by atoms with van der Waals surface area (Å²) < 4.78 is 0. The number of fused-ring (bicyclic) bond motifs is 2. The summed E-state index contributed by atoms with van der Waals surface area (Å²) in [5.41, 5.74) is 1.21. The average molecular weight is 378 g/mol. The highest BCUT2D eigenvalue weighted by Crippen LogP contribution is 2.53. The summed E-state index contributed by atoms with van der Waals surface area (Å²) in [6.45, 7) is 7.53. The minimum absolute atomic E-state index is 0.182. The van der Waals surface area contributed by atoms with E-state index < -0.39 is 0 Å². The van der Waals surface area contributed by atoms with Gasteiger partial charge < -0.3 is 10.0 Å². The summed E-state index contributed by atoms with van der Waals surface area (Å²) in [4.78, 5) is 20.6. The van der Waals surface area contributed by atoms with Gasteiger partial charge in [-0.1, -0.05) is 6.92 Å². The number of amides is 1. The van der Waals surface area contributed by atoms with Gasteiger partial charge in [0, 0.05) is 51.4 Å². The van der Waals surface area contributed by atoms with Crippen molar-refractivity contribution >= 4 is 17.2 Å². The number of thiophene rings is 1. The van der Waals surface area contributed by atoms with Crippen molar-refractivity contribution in [3.63, 3.8) is 0 Å². The van der Waals surface area contributed by atoms with Crippen LogP contribution in [0.1, 0.15) is 38.2 Å². The van der Waals surface area contributed by atoms with Crippen LogP contribution in [0.2, 0.25) is 0 Å². The molecule has 3 fully saturated rings. The lowest BCUT2D eigenvalue weighted by Gasteiger charge is -2.42.